The zero-order chi connectivity index (χ0) is 13.8. The van der Waals surface area contributed by atoms with Crippen molar-refractivity contribution in [3.63, 3.8) is 0 Å². The van der Waals surface area contributed by atoms with Gasteiger partial charge in [-0.25, -0.2) is 0 Å². The van der Waals surface area contributed by atoms with Gasteiger partial charge in [0, 0.05) is 12.6 Å². The van der Waals surface area contributed by atoms with E-state index in [0.717, 1.165) is 11.3 Å². The van der Waals surface area contributed by atoms with Crippen LogP contribution in [0, 0.1) is 0 Å². The topological polar surface area (TPSA) is 55.8 Å². The number of para-hydroxylation sites is 1. The molecular formula is C14H17NO4. The first-order chi connectivity index (χ1) is 9.13. The lowest BCUT2D eigenvalue weighted by molar-refractivity contribution is -0.148. The third-order valence-corrected chi connectivity index (χ3v) is 3.05. The molecule has 1 heterocycles. The van der Waals surface area contributed by atoms with Crippen molar-refractivity contribution in [2.45, 2.75) is 12.8 Å². The average Bonchev–Trinajstić information content (AvgIpc) is 2.81. The normalized spacial score (nSPS) is 16.4. The zero-order valence-corrected chi connectivity index (χ0v) is 11.1. The summed E-state index contributed by atoms with van der Waals surface area (Å²) in [6.07, 6.45) is 0. The predicted octanol–water partition coefficient (Wildman–Crippen LogP) is 1.18. The van der Waals surface area contributed by atoms with Gasteiger partial charge in [-0.15, -0.1) is 0 Å². The van der Waals surface area contributed by atoms with Crippen LogP contribution >= 0.6 is 0 Å². The van der Waals surface area contributed by atoms with Crippen LogP contribution in [-0.2, 0) is 14.3 Å². The molecule has 5 heteroatoms. The first-order valence-electron chi connectivity index (χ1n) is 6.25. The summed E-state index contributed by atoms with van der Waals surface area (Å²) >= 11 is 0. The second-order valence-corrected chi connectivity index (χ2v) is 4.40. The molecule has 1 atom stereocenters. The molecule has 0 bridgehead atoms. The fraction of sp³-hybridized carbons (Fsp3) is 0.429. The standard InChI is InChI=1S/C14H17NO4/c1-3-18-13(16)8-15(2)14(17)11-9-19-12-7-5-4-6-10(11)12/h4-7,11H,3,8-9H2,1-2H3. The number of carbonyl (C=O) groups excluding carboxylic acids is 2. The molecule has 1 amide bonds. The minimum absolute atomic E-state index is 0.0364. The second kappa shape index (κ2) is 5.73. The molecule has 0 radical (unpaired) electrons. The zero-order valence-electron chi connectivity index (χ0n) is 11.1. The van der Waals surface area contributed by atoms with Crippen molar-refractivity contribution < 1.29 is 19.1 Å². The molecule has 1 aliphatic heterocycles. The Kier molecular flexibility index (Phi) is 4.04. The molecule has 19 heavy (non-hydrogen) atoms. The summed E-state index contributed by atoms with van der Waals surface area (Å²) in [5.41, 5.74) is 0.878. The van der Waals surface area contributed by atoms with Gasteiger partial charge >= 0.3 is 5.97 Å². The summed E-state index contributed by atoms with van der Waals surface area (Å²) in [5, 5.41) is 0. The van der Waals surface area contributed by atoms with Crippen LogP contribution in [0.2, 0.25) is 0 Å². The predicted molar refractivity (Wildman–Crippen MR) is 68.9 cm³/mol. The molecule has 1 aromatic carbocycles. The van der Waals surface area contributed by atoms with E-state index in [2.05, 4.69) is 0 Å². The Morgan fingerprint density at radius 3 is 2.89 bits per heavy atom. The molecular weight excluding hydrogens is 246 g/mol. The number of hydrogen-bond donors (Lipinski definition) is 0. The van der Waals surface area contributed by atoms with Gasteiger partial charge in [-0.05, 0) is 13.0 Å². The molecule has 0 saturated carbocycles. The minimum Gasteiger partial charge on any atom is -0.492 e. The number of hydrogen-bond acceptors (Lipinski definition) is 4. The number of amides is 1. The van der Waals surface area contributed by atoms with Crippen molar-refractivity contribution in [1.82, 2.24) is 4.90 Å². The van der Waals surface area contributed by atoms with E-state index in [1.165, 1.54) is 4.90 Å². The van der Waals surface area contributed by atoms with Crippen molar-refractivity contribution >= 4 is 11.9 Å². The number of nitrogens with zero attached hydrogens (tertiary/aromatic N) is 1. The molecule has 0 N–H and O–H groups in total. The number of ether oxygens (including phenoxy) is 2. The summed E-state index contributed by atoms with van der Waals surface area (Å²) in [5.74, 6) is -0.121. The molecule has 0 fully saturated rings. The van der Waals surface area contributed by atoms with Crippen LogP contribution in [0.25, 0.3) is 0 Å². The van der Waals surface area contributed by atoms with Gasteiger partial charge in [-0.2, -0.15) is 0 Å². The monoisotopic (exact) mass is 263 g/mol. The van der Waals surface area contributed by atoms with E-state index < -0.39 is 5.97 Å². The minimum atomic E-state index is -0.398. The molecule has 2 rings (SSSR count). The quantitative estimate of drug-likeness (QED) is 0.766. The SMILES string of the molecule is CCOC(=O)CN(C)C(=O)C1COc2ccccc21. The fourth-order valence-electron chi connectivity index (χ4n) is 2.11. The molecule has 0 aliphatic carbocycles. The Hall–Kier alpha value is -2.04. The van der Waals surface area contributed by atoms with Crippen LogP contribution in [0.3, 0.4) is 0 Å². The Labute approximate surface area is 112 Å². The number of rotatable bonds is 4. The molecule has 0 aromatic heterocycles. The van der Waals surface area contributed by atoms with Crippen LogP contribution in [0.4, 0.5) is 0 Å². The highest BCUT2D eigenvalue weighted by Gasteiger charge is 2.32. The summed E-state index contributed by atoms with van der Waals surface area (Å²) < 4.78 is 10.3. The lowest BCUT2D eigenvalue weighted by Crippen LogP contribution is -2.36. The van der Waals surface area contributed by atoms with Gasteiger partial charge in [0.25, 0.3) is 0 Å². The maximum Gasteiger partial charge on any atom is 0.325 e. The van der Waals surface area contributed by atoms with E-state index >= 15 is 0 Å². The van der Waals surface area contributed by atoms with Gasteiger partial charge < -0.3 is 14.4 Å². The lowest BCUT2D eigenvalue weighted by Gasteiger charge is -2.19. The van der Waals surface area contributed by atoms with Crippen molar-refractivity contribution in [2.24, 2.45) is 0 Å². The summed E-state index contributed by atoms with van der Waals surface area (Å²) in [6, 6.07) is 7.46. The Morgan fingerprint density at radius 1 is 1.42 bits per heavy atom. The van der Waals surface area contributed by atoms with Gasteiger partial charge in [-0.3, -0.25) is 9.59 Å². The third kappa shape index (κ3) is 2.86. The van der Waals surface area contributed by atoms with E-state index in [1.54, 1.807) is 14.0 Å². The van der Waals surface area contributed by atoms with Crippen LogP contribution in [-0.4, -0.2) is 43.6 Å². The Bertz CT molecular complexity index is 486. The van der Waals surface area contributed by atoms with Gasteiger partial charge in [0.1, 0.15) is 24.8 Å². The van der Waals surface area contributed by atoms with Gasteiger partial charge in [-0.1, -0.05) is 18.2 Å². The van der Waals surface area contributed by atoms with E-state index in [9.17, 15) is 9.59 Å². The maximum absolute atomic E-state index is 12.3. The molecule has 1 aliphatic rings. The van der Waals surface area contributed by atoms with Crippen LogP contribution < -0.4 is 4.74 Å². The highest BCUT2D eigenvalue weighted by Crippen LogP contribution is 2.34. The van der Waals surface area contributed by atoms with Crippen molar-refractivity contribution in [1.29, 1.82) is 0 Å². The molecule has 1 aromatic rings. The number of fused-ring (bicyclic) bond motifs is 1. The van der Waals surface area contributed by atoms with Crippen LogP contribution in [0.1, 0.15) is 18.4 Å². The largest absolute Gasteiger partial charge is 0.492 e. The van der Waals surface area contributed by atoms with Crippen molar-refractivity contribution in [3.05, 3.63) is 29.8 Å². The Morgan fingerprint density at radius 2 is 2.16 bits per heavy atom. The van der Waals surface area contributed by atoms with Gasteiger partial charge in [0.2, 0.25) is 5.91 Å². The van der Waals surface area contributed by atoms with E-state index in [0.29, 0.717) is 13.2 Å². The first-order valence-corrected chi connectivity index (χ1v) is 6.25. The van der Waals surface area contributed by atoms with Gasteiger partial charge in [0.15, 0.2) is 0 Å². The number of esters is 1. The number of carbonyl (C=O) groups is 2. The van der Waals surface area contributed by atoms with E-state index in [1.807, 2.05) is 24.3 Å². The van der Waals surface area contributed by atoms with E-state index in [-0.39, 0.29) is 18.4 Å². The number of benzene rings is 1. The molecule has 1 unspecified atom stereocenters. The lowest BCUT2D eigenvalue weighted by atomic mass is 10.00. The van der Waals surface area contributed by atoms with Crippen molar-refractivity contribution in [3.8, 4) is 5.75 Å². The smallest absolute Gasteiger partial charge is 0.325 e. The first kappa shape index (κ1) is 13.4. The molecule has 0 spiro atoms. The van der Waals surface area contributed by atoms with Crippen LogP contribution in [0.5, 0.6) is 5.75 Å². The Balaban J connectivity index is 2.03. The van der Waals surface area contributed by atoms with Crippen molar-refractivity contribution in [2.75, 3.05) is 26.8 Å². The van der Waals surface area contributed by atoms with Gasteiger partial charge in [0.05, 0.1) is 6.61 Å². The summed E-state index contributed by atoms with van der Waals surface area (Å²) in [4.78, 5) is 25.0. The van der Waals surface area contributed by atoms with Crippen LogP contribution in [0.15, 0.2) is 24.3 Å². The highest BCUT2D eigenvalue weighted by atomic mass is 16.5. The molecule has 5 nitrogen and oxygen atoms in total. The fourth-order valence-corrected chi connectivity index (χ4v) is 2.11. The average molecular weight is 263 g/mol. The van der Waals surface area contributed by atoms with E-state index in [4.69, 9.17) is 9.47 Å². The molecule has 102 valence electrons. The third-order valence-electron chi connectivity index (χ3n) is 3.05. The summed E-state index contributed by atoms with van der Waals surface area (Å²) in [6.45, 7) is 2.34. The summed E-state index contributed by atoms with van der Waals surface area (Å²) in [7, 11) is 1.60. The maximum atomic E-state index is 12.3. The second-order valence-electron chi connectivity index (χ2n) is 4.40. The number of likely N-dealkylation sites (N-methyl/N-ethyl adjacent to an activating group) is 1. The highest BCUT2D eigenvalue weighted by molar-refractivity contribution is 5.88. The molecule has 0 saturated heterocycles.